The smallest absolute Gasteiger partial charge is 0.255 e. The summed E-state index contributed by atoms with van der Waals surface area (Å²) in [5.74, 6) is 1.90. The van der Waals surface area contributed by atoms with E-state index in [-0.39, 0.29) is 19.1 Å². The minimum atomic E-state index is -0.322. The van der Waals surface area contributed by atoms with Crippen LogP contribution in [0.25, 0.3) is 17.2 Å². The van der Waals surface area contributed by atoms with Crippen molar-refractivity contribution in [2.24, 2.45) is 0 Å². The Bertz CT molecular complexity index is 1170. The number of benzene rings is 1. The number of carbonyl (C=O) groups excluding carboxylic acids is 1. The van der Waals surface area contributed by atoms with E-state index in [0.717, 1.165) is 11.1 Å². The van der Waals surface area contributed by atoms with Gasteiger partial charge in [-0.15, -0.1) is 10.2 Å². The second-order valence-electron chi connectivity index (χ2n) is 6.43. The van der Waals surface area contributed by atoms with Gasteiger partial charge < -0.3 is 15.2 Å². The summed E-state index contributed by atoms with van der Waals surface area (Å²) in [6.07, 6.45) is 6.80. The highest BCUT2D eigenvalue weighted by molar-refractivity contribution is 5.93. The van der Waals surface area contributed by atoms with Gasteiger partial charge in [-0.1, -0.05) is 18.2 Å². The van der Waals surface area contributed by atoms with E-state index >= 15 is 0 Å². The molecule has 4 aromatic rings. The molecule has 0 bridgehead atoms. The number of carbonyl (C=O) groups is 1. The average molecular weight is 405 g/mol. The summed E-state index contributed by atoms with van der Waals surface area (Å²) in [5.41, 5.74) is 2.21. The lowest BCUT2D eigenvalue weighted by Gasteiger charge is -2.06. The molecule has 0 saturated carbocycles. The van der Waals surface area contributed by atoms with Gasteiger partial charge in [-0.3, -0.25) is 9.20 Å². The number of aliphatic hydroxyl groups is 1. The van der Waals surface area contributed by atoms with Crippen LogP contribution in [0, 0.1) is 0 Å². The topological polar surface area (TPSA) is 127 Å². The Morgan fingerprint density at radius 3 is 2.77 bits per heavy atom. The highest BCUT2D eigenvalue weighted by Gasteiger charge is 2.12. The van der Waals surface area contributed by atoms with Crippen molar-refractivity contribution in [3.63, 3.8) is 0 Å². The van der Waals surface area contributed by atoms with Crippen LogP contribution in [0.5, 0.6) is 5.75 Å². The lowest BCUT2D eigenvalue weighted by molar-refractivity contribution is 0.0944. The normalized spacial score (nSPS) is 10.9. The number of amides is 1. The first-order chi connectivity index (χ1) is 14.7. The number of hydrogen-bond acceptors (Lipinski definition) is 8. The third kappa shape index (κ3) is 4.08. The predicted molar refractivity (Wildman–Crippen MR) is 107 cm³/mol. The molecule has 0 aliphatic carbocycles. The second-order valence-corrected chi connectivity index (χ2v) is 6.43. The molecule has 0 radical (unpaired) electrons. The third-order valence-corrected chi connectivity index (χ3v) is 4.41. The molecule has 0 unspecified atom stereocenters. The lowest BCUT2D eigenvalue weighted by atomic mass is 10.1. The Balaban J connectivity index is 1.60. The maximum absolute atomic E-state index is 12.1. The van der Waals surface area contributed by atoms with Crippen LogP contribution in [0.1, 0.15) is 21.7 Å². The van der Waals surface area contributed by atoms with Gasteiger partial charge in [-0.05, 0) is 11.6 Å². The first-order valence-electron chi connectivity index (χ1n) is 9.22. The molecule has 0 fully saturated rings. The van der Waals surface area contributed by atoms with Gasteiger partial charge in [-0.2, -0.15) is 0 Å². The van der Waals surface area contributed by atoms with E-state index < -0.39 is 0 Å². The van der Waals surface area contributed by atoms with Crippen molar-refractivity contribution in [1.82, 2.24) is 34.9 Å². The van der Waals surface area contributed by atoms with Gasteiger partial charge in [0, 0.05) is 30.9 Å². The van der Waals surface area contributed by atoms with Crippen LogP contribution in [0.4, 0.5) is 0 Å². The average Bonchev–Trinajstić information content (AvgIpc) is 3.19. The SMILES string of the molecule is COc1cnc(-c2cccc(Cc3nnc4ncc(C(=O)NCCO)cn34)c2)nc1. The zero-order valence-corrected chi connectivity index (χ0v) is 16.2. The van der Waals surface area contributed by atoms with Gasteiger partial charge in [0.2, 0.25) is 0 Å². The van der Waals surface area contributed by atoms with Gasteiger partial charge in [0.25, 0.3) is 11.7 Å². The minimum Gasteiger partial charge on any atom is -0.494 e. The summed E-state index contributed by atoms with van der Waals surface area (Å²) in [6, 6.07) is 7.80. The van der Waals surface area contributed by atoms with E-state index in [1.54, 1.807) is 30.1 Å². The van der Waals surface area contributed by atoms with Crippen LogP contribution in [0.15, 0.2) is 49.1 Å². The van der Waals surface area contributed by atoms with Crippen molar-refractivity contribution in [2.75, 3.05) is 20.3 Å². The molecule has 30 heavy (non-hydrogen) atoms. The number of aliphatic hydroxyl groups excluding tert-OH is 1. The molecule has 152 valence electrons. The maximum Gasteiger partial charge on any atom is 0.255 e. The van der Waals surface area contributed by atoms with Gasteiger partial charge >= 0.3 is 0 Å². The van der Waals surface area contributed by atoms with Crippen molar-refractivity contribution >= 4 is 11.7 Å². The van der Waals surface area contributed by atoms with Crippen molar-refractivity contribution in [3.8, 4) is 17.1 Å². The van der Waals surface area contributed by atoms with E-state index in [9.17, 15) is 4.79 Å². The Morgan fingerprint density at radius 1 is 1.17 bits per heavy atom. The Morgan fingerprint density at radius 2 is 2.00 bits per heavy atom. The summed E-state index contributed by atoms with van der Waals surface area (Å²) in [7, 11) is 1.57. The number of fused-ring (bicyclic) bond motifs is 1. The number of ether oxygens (including phenoxy) is 1. The quantitative estimate of drug-likeness (QED) is 0.464. The van der Waals surface area contributed by atoms with Crippen molar-refractivity contribution in [2.45, 2.75) is 6.42 Å². The number of rotatable bonds is 7. The largest absolute Gasteiger partial charge is 0.494 e. The molecule has 0 aliphatic heterocycles. The van der Waals surface area contributed by atoms with E-state index in [0.29, 0.717) is 35.2 Å². The lowest BCUT2D eigenvalue weighted by Crippen LogP contribution is -2.26. The summed E-state index contributed by atoms with van der Waals surface area (Å²) in [4.78, 5) is 25.0. The maximum atomic E-state index is 12.1. The van der Waals surface area contributed by atoms with Gasteiger partial charge in [0.05, 0.1) is 31.7 Å². The zero-order valence-electron chi connectivity index (χ0n) is 16.2. The molecule has 2 N–H and O–H groups in total. The van der Waals surface area contributed by atoms with Gasteiger partial charge in [-0.25, -0.2) is 15.0 Å². The molecule has 10 heteroatoms. The Kier molecular flexibility index (Phi) is 5.57. The van der Waals surface area contributed by atoms with Crippen LogP contribution in [0.2, 0.25) is 0 Å². The van der Waals surface area contributed by atoms with E-state index in [4.69, 9.17) is 9.84 Å². The molecular weight excluding hydrogens is 386 g/mol. The monoisotopic (exact) mass is 405 g/mol. The Labute approximate surface area is 171 Å². The molecule has 3 aromatic heterocycles. The molecule has 0 atom stereocenters. The Hall–Kier alpha value is -3.92. The fourth-order valence-corrected chi connectivity index (χ4v) is 2.92. The molecule has 4 rings (SSSR count). The summed E-state index contributed by atoms with van der Waals surface area (Å²) >= 11 is 0. The molecule has 3 heterocycles. The number of nitrogens with zero attached hydrogens (tertiary/aromatic N) is 6. The first kappa shape index (κ1) is 19.4. The molecular formula is C20H19N7O3. The number of aromatic nitrogens is 6. The third-order valence-electron chi connectivity index (χ3n) is 4.41. The fourth-order valence-electron chi connectivity index (χ4n) is 2.92. The van der Waals surface area contributed by atoms with Crippen molar-refractivity contribution < 1.29 is 14.6 Å². The number of nitrogens with one attached hydrogen (secondary N) is 1. The minimum absolute atomic E-state index is 0.131. The van der Waals surface area contributed by atoms with Crippen LogP contribution >= 0.6 is 0 Å². The van der Waals surface area contributed by atoms with Gasteiger partial charge in [0.15, 0.2) is 11.6 Å². The predicted octanol–water partition coefficient (Wildman–Crippen LogP) is 0.903. The van der Waals surface area contributed by atoms with E-state index in [2.05, 4.69) is 30.5 Å². The summed E-state index contributed by atoms with van der Waals surface area (Å²) in [6.45, 7) is 0.0413. The van der Waals surface area contributed by atoms with Crippen LogP contribution < -0.4 is 10.1 Å². The molecule has 1 aromatic carbocycles. The second kappa shape index (κ2) is 8.62. The molecule has 0 spiro atoms. The molecule has 10 nitrogen and oxygen atoms in total. The zero-order chi connectivity index (χ0) is 20.9. The standard InChI is InChI=1S/C20H19N7O3/c1-30-16-10-22-18(23-11-16)14-4-2-3-13(7-14)8-17-25-26-20-24-9-15(12-27(17)20)19(29)21-5-6-28/h2-4,7,9-12,28H,5-6,8H2,1H3,(H,21,29). The summed E-state index contributed by atoms with van der Waals surface area (Å²) in [5, 5.41) is 19.7. The molecule has 0 aliphatic rings. The number of methoxy groups -OCH3 is 1. The van der Waals surface area contributed by atoms with Crippen LogP contribution in [-0.2, 0) is 6.42 Å². The molecule has 1 amide bonds. The fraction of sp³-hybridized carbons (Fsp3) is 0.200. The first-order valence-corrected chi connectivity index (χ1v) is 9.22. The van der Waals surface area contributed by atoms with E-state index in [1.807, 2.05) is 24.3 Å². The summed E-state index contributed by atoms with van der Waals surface area (Å²) < 4.78 is 6.78. The van der Waals surface area contributed by atoms with Crippen LogP contribution in [0.3, 0.4) is 0 Å². The molecule has 0 saturated heterocycles. The number of hydrogen-bond donors (Lipinski definition) is 2. The van der Waals surface area contributed by atoms with Crippen LogP contribution in [-0.4, -0.2) is 60.8 Å². The van der Waals surface area contributed by atoms with Crippen molar-refractivity contribution in [3.05, 3.63) is 66.0 Å². The van der Waals surface area contributed by atoms with E-state index in [1.165, 1.54) is 6.20 Å². The van der Waals surface area contributed by atoms with Gasteiger partial charge in [0.1, 0.15) is 5.82 Å². The van der Waals surface area contributed by atoms with Crippen molar-refractivity contribution in [1.29, 1.82) is 0 Å². The highest BCUT2D eigenvalue weighted by Crippen LogP contribution is 2.19. The highest BCUT2D eigenvalue weighted by atomic mass is 16.5.